The molecule has 0 heterocycles. The highest BCUT2D eigenvalue weighted by molar-refractivity contribution is 6.31. The zero-order valence-corrected chi connectivity index (χ0v) is 10.6. The molecule has 2 nitrogen and oxygen atoms in total. The second kappa shape index (κ2) is 6.56. The number of halogens is 1. The van der Waals surface area contributed by atoms with E-state index in [1.165, 1.54) is 0 Å². The molecule has 0 amide bonds. The van der Waals surface area contributed by atoms with Gasteiger partial charge in [-0.2, -0.15) is 0 Å². The number of ether oxygens (including phenoxy) is 1. The summed E-state index contributed by atoms with van der Waals surface area (Å²) in [6.45, 7) is 9.97. The zero-order valence-electron chi connectivity index (χ0n) is 9.85. The summed E-state index contributed by atoms with van der Waals surface area (Å²) >= 11 is 6.14. The highest BCUT2D eigenvalue weighted by atomic mass is 35.5. The maximum atomic E-state index is 6.14. The molecule has 0 fully saturated rings. The van der Waals surface area contributed by atoms with Crippen LogP contribution in [0.3, 0.4) is 0 Å². The molecule has 0 aliphatic heterocycles. The predicted molar refractivity (Wildman–Crippen MR) is 69.1 cm³/mol. The molecule has 16 heavy (non-hydrogen) atoms. The lowest BCUT2D eigenvalue weighted by Gasteiger charge is -2.13. The van der Waals surface area contributed by atoms with E-state index in [0.29, 0.717) is 6.61 Å². The molecule has 0 spiro atoms. The summed E-state index contributed by atoms with van der Waals surface area (Å²) in [5, 5.41) is 3.98. The van der Waals surface area contributed by atoms with Gasteiger partial charge in [0.05, 0.1) is 0 Å². The first kappa shape index (κ1) is 13.1. The molecule has 1 rings (SSSR count). The van der Waals surface area contributed by atoms with Crippen LogP contribution in [0.4, 0.5) is 0 Å². The Morgan fingerprint density at radius 1 is 1.50 bits per heavy atom. The van der Waals surface area contributed by atoms with E-state index in [1.54, 1.807) is 0 Å². The number of hydrogen-bond donors (Lipinski definition) is 1. The molecule has 0 aromatic heterocycles. The van der Waals surface area contributed by atoms with Crippen LogP contribution in [0.2, 0.25) is 5.02 Å². The van der Waals surface area contributed by atoms with Crippen molar-refractivity contribution in [1.29, 1.82) is 0 Å². The minimum absolute atomic E-state index is 0.527. The van der Waals surface area contributed by atoms with Gasteiger partial charge in [-0.05, 0) is 31.2 Å². The number of nitrogens with one attached hydrogen (secondary N) is 1. The third-order valence-corrected chi connectivity index (χ3v) is 2.46. The summed E-state index contributed by atoms with van der Waals surface area (Å²) < 4.78 is 5.65. The molecule has 1 N–H and O–H groups in total. The molecular formula is C13H18ClNO. The topological polar surface area (TPSA) is 21.3 Å². The number of rotatable bonds is 6. The molecule has 1 aromatic carbocycles. The predicted octanol–water partition coefficient (Wildman–Crippen LogP) is 3.40. The lowest BCUT2D eigenvalue weighted by Crippen LogP contribution is -2.13. The van der Waals surface area contributed by atoms with E-state index in [2.05, 4.69) is 18.8 Å². The summed E-state index contributed by atoms with van der Waals surface area (Å²) in [7, 11) is 0. The quantitative estimate of drug-likeness (QED) is 0.769. The summed E-state index contributed by atoms with van der Waals surface area (Å²) in [4.78, 5) is 0. The van der Waals surface area contributed by atoms with E-state index >= 15 is 0 Å². The van der Waals surface area contributed by atoms with Crippen molar-refractivity contribution < 1.29 is 4.74 Å². The standard InChI is InChI=1S/C13H18ClNO/c1-4-15-8-11-12(14)6-5-7-13(11)16-9-10(2)3/h5-7,15H,2,4,8-9H2,1,3H3. The monoisotopic (exact) mass is 239 g/mol. The Kier molecular flexibility index (Phi) is 5.36. The Labute approximate surface area is 102 Å². The molecule has 3 heteroatoms. The average molecular weight is 240 g/mol. The molecule has 0 bridgehead atoms. The minimum atomic E-state index is 0.527. The van der Waals surface area contributed by atoms with E-state index in [-0.39, 0.29) is 0 Å². The average Bonchev–Trinajstić information content (AvgIpc) is 2.25. The third-order valence-electron chi connectivity index (χ3n) is 2.10. The van der Waals surface area contributed by atoms with Crippen molar-refractivity contribution >= 4 is 11.6 Å². The molecule has 1 aromatic rings. The van der Waals surface area contributed by atoms with Crippen LogP contribution in [0.1, 0.15) is 19.4 Å². The number of hydrogen-bond acceptors (Lipinski definition) is 2. The van der Waals surface area contributed by atoms with Crippen LogP contribution in [0.15, 0.2) is 30.4 Å². The molecule has 0 unspecified atom stereocenters. The first-order chi connectivity index (χ1) is 7.65. The van der Waals surface area contributed by atoms with Crippen molar-refractivity contribution in [2.45, 2.75) is 20.4 Å². The Bertz CT molecular complexity index is 363. The maximum absolute atomic E-state index is 6.14. The van der Waals surface area contributed by atoms with Gasteiger partial charge in [-0.3, -0.25) is 0 Å². The Balaban J connectivity index is 2.80. The van der Waals surface area contributed by atoms with Gasteiger partial charge in [-0.15, -0.1) is 0 Å². The third kappa shape index (κ3) is 3.87. The highest BCUT2D eigenvalue weighted by Crippen LogP contribution is 2.26. The fourth-order valence-corrected chi connectivity index (χ4v) is 1.53. The van der Waals surface area contributed by atoms with Crippen LogP contribution in [-0.4, -0.2) is 13.2 Å². The highest BCUT2D eigenvalue weighted by Gasteiger charge is 2.07. The fraction of sp³-hybridized carbons (Fsp3) is 0.385. The van der Waals surface area contributed by atoms with Gasteiger partial charge >= 0.3 is 0 Å². The fourth-order valence-electron chi connectivity index (χ4n) is 1.30. The van der Waals surface area contributed by atoms with Crippen molar-refractivity contribution in [3.63, 3.8) is 0 Å². The summed E-state index contributed by atoms with van der Waals surface area (Å²) in [6.07, 6.45) is 0. The maximum Gasteiger partial charge on any atom is 0.125 e. The normalized spacial score (nSPS) is 10.2. The number of benzene rings is 1. The second-order valence-electron chi connectivity index (χ2n) is 3.74. The second-order valence-corrected chi connectivity index (χ2v) is 4.15. The first-order valence-electron chi connectivity index (χ1n) is 5.40. The molecule has 0 aliphatic rings. The van der Waals surface area contributed by atoms with Crippen molar-refractivity contribution in [2.24, 2.45) is 0 Å². The molecule has 0 saturated carbocycles. The molecule has 0 saturated heterocycles. The van der Waals surface area contributed by atoms with Gasteiger partial charge < -0.3 is 10.1 Å². The van der Waals surface area contributed by atoms with E-state index in [4.69, 9.17) is 16.3 Å². The summed E-state index contributed by atoms with van der Waals surface area (Å²) in [6, 6.07) is 5.70. The van der Waals surface area contributed by atoms with Crippen LogP contribution < -0.4 is 10.1 Å². The van der Waals surface area contributed by atoms with Crippen molar-refractivity contribution in [3.8, 4) is 5.75 Å². The Hall–Kier alpha value is -0.990. The van der Waals surface area contributed by atoms with E-state index in [0.717, 1.165) is 35.0 Å². The SMILES string of the molecule is C=C(C)COc1cccc(Cl)c1CNCC. The van der Waals surface area contributed by atoms with Gasteiger partial charge in [0.2, 0.25) is 0 Å². The van der Waals surface area contributed by atoms with Crippen molar-refractivity contribution in [1.82, 2.24) is 5.32 Å². The van der Waals surface area contributed by atoms with Gasteiger partial charge in [-0.1, -0.05) is 31.2 Å². The lowest BCUT2D eigenvalue weighted by atomic mass is 10.2. The van der Waals surface area contributed by atoms with Gasteiger partial charge in [0.15, 0.2) is 0 Å². The Morgan fingerprint density at radius 2 is 2.25 bits per heavy atom. The zero-order chi connectivity index (χ0) is 12.0. The Morgan fingerprint density at radius 3 is 2.88 bits per heavy atom. The smallest absolute Gasteiger partial charge is 0.125 e. The largest absolute Gasteiger partial charge is 0.489 e. The van der Waals surface area contributed by atoms with Gasteiger partial charge in [0.25, 0.3) is 0 Å². The van der Waals surface area contributed by atoms with E-state index in [9.17, 15) is 0 Å². The van der Waals surface area contributed by atoms with Crippen LogP contribution in [0, 0.1) is 0 Å². The van der Waals surface area contributed by atoms with Crippen LogP contribution in [0.5, 0.6) is 5.75 Å². The van der Waals surface area contributed by atoms with Crippen molar-refractivity contribution in [3.05, 3.63) is 40.9 Å². The summed E-state index contributed by atoms with van der Waals surface area (Å²) in [5.74, 6) is 0.830. The van der Waals surface area contributed by atoms with E-state index < -0.39 is 0 Å². The summed E-state index contributed by atoms with van der Waals surface area (Å²) in [5.41, 5.74) is 2.00. The molecule has 0 atom stereocenters. The van der Waals surface area contributed by atoms with Gasteiger partial charge in [-0.25, -0.2) is 0 Å². The van der Waals surface area contributed by atoms with E-state index in [1.807, 2.05) is 25.1 Å². The molecule has 0 radical (unpaired) electrons. The molecule has 0 aliphatic carbocycles. The van der Waals surface area contributed by atoms with Crippen LogP contribution in [-0.2, 0) is 6.54 Å². The van der Waals surface area contributed by atoms with Crippen LogP contribution in [0.25, 0.3) is 0 Å². The molecule has 88 valence electrons. The lowest BCUT2D eigenvalue weighted by molar-refractivity contribution is 0.348. The van der Waals surface area contributed by atoms with Gasteiger partial charge in [0.1, 0.15) is 12.4 Å². The van der Waals surface area contributed by atoms with Crippen LogP contribution >= 0.6 is 11.6 Å². The van der Waals surface area contributed by atoms with Gasteiger partial charge in [0, 0.05) is 17.1 Å². The minimum Gasteiger partial charge on any atom is -0.489 e. The van der Waals surface area contributed by atoms with Crippen molar-refractivity contribution in [2.75, 3.05) is 13.2 Å². The first-order valence-corrected chi connectivity index (χ1v) is 5.78. The molecular weight excluding hydrogens is 222 g/mol.